The molecule has 0 saturated heterocycles. The second kappa shape index (κ2) is 5.91. The number of halogens is 1. The average molecular weight is 289 g/mol. The van der Waals surface area contributed by atoms with Gasteiger partial charge in [-0.15, -0.1) is 0 Å². The Morgan fingerprint density at radius 1 is 1.19 bits per heavy atom. The molecule has 2 aromatic rings. The number of amidine groups is 1. The first-order valence-corrected chi connectivity index (χ1v) is 5.89. The van der Waals surface area contributed by atoms with Crippen molar-refractivity contribution in [2.75, 3.05) is 5.32 Å². The molecule has 108 valence electrons. The monoisotopic (exact) mass is 289 g/mol. The Balaban J connectivity index is 2.16. The Labute approximate surface area is 119 Å². The highest BCUT2D eigenvalue weighted by Crippen LogP contribution is 2.17. The number of hydrogen-bond donors (Lipinski definition) is 4. The fourth-order valence-electron chi connectivity index (χ4n) is 1.67. The van der Waals surface area contributed by atoms with Crippen LogP contribution in [0.4, 0.5) is 10.1 Å². The summed E-state index contributed by atoms with van der Waals surface area (Å²) in [5.41, 5.74) is 6.12. The van der Waals surface area contributed by atoms with Crippen molar-refractivity contribution in [1.29, 1.82) is 0 Å². The number of amides is 1. The molecule has 0 fully saturated rings. The van der Waals surface area contributed by atoms with Gasteiger partial charge in [0.05, 0.1) is 5.56 Å². The molecule has 0 radical (unpaired) electrons. The Morgan fingerprint density at radius 2 is 1.86 bits per heavy atom. The summed E-state index contributed by atoms with van der Waals surface area (Å²) in [7, 11) is 0. The second-order valence-electron chi connectivity index (χ2n) is 4.18. The number of nitrogens with two attached hydrogens (primary N) is 1. The zero-order chi connectivity index (χ0) is 15.4. The summed E-state index contributed by atoms with van der Waals surface area (Å²) in [4.78, 5) is 11.9. The largest absolute Gasteiger partial charge is 0.508 e. The molecule has 0 unspecified atom stereocenters. The molecule has 0 atom stereocenters. The Morgan fingerprint density at radius 3 is 2.43 bits per heavy atom. The van der Waals surface area contributed by atoms with Crippen LogP contribution in [0.5, 0.6) is 5.75 Å². The topological polar surface area (TPSA) is 108 Å². The lowest BCUT2D eigenvalue weighted by molar-refractivity contribution is 0.102. The van der Waals surface area contributed by atoms with Gasteiger partial charge in [0, 0.05) is 17.3 Å². The minimum Gasteiger partial charge on any atom is -0.508 e. The highest BCUT2D eigenvalue weighted by Gasteiger charge is 2.12. The van der Waals surface area contributed by atoms with E-state index in [9.17, 15) is 9.18 Å². The summed E-state index contributed by atoms with van der Waals surface area (Å²) >= 11 is 0. The number of nitrogens with one attached hydrogen (secondary N) is 1. The van der Waals surface area contributed by atoms with E-state index < -0.39 is 11.7 Å². The summed E-state index contributed by atoms with van der Waals surface area (Å²) in [6.07, 6.45) is 0. The number of anilines is 1. The van der Waals surface area contributed by atoms with Crippen molar-refractivity contribution in [2.45, 2.75) is 0 Å². The lowest BCUT2D eigenvalue weighted by Crippen LogP contribution is -2.15. The van der Waals surface area contributed by atoms with Crippen LogP contribution >= 0.6 is 0 Å². The maximum Gasteiger partial charge on any atom is 0.258 e. The quantitative estimate of drug-likeness (QED) is 0.299. The smallest absolute Gasteiger partial charge is 0.258 e. The summed E-state index contributed by atoms with van der Waals surface area (Å²) in [6.45, 7) is 0. The number of rotatable bonds is 3. The number of benzene rings is 2. The molecule has 0 spiro atoms. The van der Waals surface area contributed by atoms with Crippen LogP contribution in [0.25, 0.3) is 0 Å². The van der Waals surface area contributed by atoms with Gasteiger partial charge in [-0.3, -0.25) is 4.79 Å². The van der Waals surface area contributed by atoms with Crippen LogP contribution in [0, 0.1) is 5.82 Å². The van der Waals surface area contributed by atoms with Crippen LogP contribution in [0.15, 0.2) is 47.6 Å². The van der Waals surface area contributed by atoms with E-state index in [1.807, 2.05) is 0 Å². The van der Waals surface area contributed by atoms with E-state index in [4.69, 9.17) is 16.0 Å². The van der Waals surface area contributed by atoms with Crippen molar-refractivity contribution in [3.63, 3.8) is 0 Å². The van der Waals surface area contributed by atoms with Gasteiger partial charge >= 0.3 is 0 Å². The molecule has 2 aromatic carbocycles. The fraction of sp³-hybridized carbons (Fsp3) is 0. The van der Waals surface area contributed by atoms with E-state index in [0.717, 1.165) is 6.07 Å². The Kier molecular flexibility index (Phi) is 4.03. The molecular formula is C14H12FN3O3. The number of oxime groups is 1. The van der Waals surface area contributed by atoms with Crippen molar-refractivity contribution in [2.24, 2.45) is 10.9 Å². The van der Waals surface area contributed by atoms with E-state index in [0.29, 0.717) is 11.3 Å². The van der Waals surface area contributed by atoms with Crippen molar-refractivity contribution in [3.05, 3.63) is 59.4 Å². The molecule has 0 aliphatic carbocycles. The summed E-state index contributed by atoms with van der Waals surface area (Å²) < 4.78 is 13.5. The van der Waals surface area contributed by atoms with Crippen LogP contribution < -0.4 is 11.1 Å². The standard InChI is InChI=1S/C14H12FN3O3/c15-12-7-10(19)5-6-11(12)14(20)17-9-3-1-8(2-4-9)13(16)18-21/h1-7,19,21H,(H2,16,18)(H,17,20). The molecule has 2 rings (SSSR count). The minimum atomic E-state index is -0.819. The predicted molar refractivity (Wildman–Crippen MR) is 75.0 cm³/mol. The molecular weight excluding hydrogens is 277 g/mol. The third kappa shape index (κ3) is 3.27. The number of hydrogen-bond acceptors (Lipinski definition) is 4. The summed E-state index contributed by atoms with van der Waals surface area (Å²) in [6, 6.07) is 9.41. The van der Waals surface area contributed by atoms with Gasteiger partial charge in [-0.1, -0.05) is 5.16 Å². The number of phenolic OH excluding ortho intramolecular Hbond substituents is 1. The van der Waals surface area contributed by atoms with Crippen LogP contribution in [-0.2, 0) is 0 Å². The van der Waals surface area contributed by atoms with Crippen LogP contribution in [0.2, 0.25) is 0 Å². The molecule has 0 heterocycles. The van der Waals surface area contributed by atoms with Gasteiger partial charge < -0.3 is 21.4 Å². The van der Waals surface area contributed by atoms with Gasteiger partial charge in [0.25, 0.3) is 5.91 Å². The third-order valence-corrected chi connectivity index (χ3v) is 2.74. The van der Waals surface area contributed by atoms with Gasteiger partial charge in [-0.2, -0.15) is 0 Å². The normalized spacial score (nSPS) is 11.2. The summed E-state index contributed by atoms with van der Waals surface area (Å²) in [5, 5.41) is 23.0. The Hall–Kier alpha value is -3.09. The van der Waals surface area contributed by atoms with Crippen molar-refractivity contribution >= 4 is 17.4 Å². The maximum absolute atomic E-state index is 13.5. The molecule has 0 aromatic heterocycles. The van der Waals surface area contributed by atoms with Crippen LogP contribution in [0.1, 0.15) is 15.9 Å². The van der Waals surface area contributed by atoms with Gasteiger partial charge in [0.15, 0.2) is 5.84 Å². The van der Waals surface area contributed by atoms with Gasteiger partial charge in [-0.25, -0.2) is 4.39 Å². The second-order valence-corrected chi connectivity index (χ2v) is 4.18. The zero-order valence-corrected chi connectivity index (χ0v) is 10.7. The van der Waals surface area contributed by atoms with Gasteiger partial charge in [-0.05, 0) is 36.4 Å². The van der Waals surface area contributed by atoms with Crippen LogP contribution in [0.3, 0.4) is 0 Å². The third-order valence-electron chi connectivity index (χ3n) is 2.74. The SMILES string of the molecule is N/C(=N/O)c1ccc(NC(=O)c2ccc(O)cc2F)cc1. The molecule has 7 heteroatoms. The molecule has 0 bridgehead atoms. The first kappa shape index (κ1) is 14.3. The van der Waals surface area contributed by atoms with Crippen molar-refractivity contribution in [3.8, 4) is 5.75 Å². The lowest BCUT2D eigenvalue weighted by Gasteiger charge is -2.07. The number of carbonyl (C=O) groups is 1. The van der Waals surface area contributed by atoms with E-state index >= 15 is 0 Å². The summed E-state index contributed by atoms with van der Waals surface area (Å²) in [5.74, 6) is -1.78. The van der Waals surface area contributed by atoms with Gasteiger partial charge in [0.1, 0.15) is 11.6 Å². The molecule has 6 nitrogen and oxygen atoms in total. The lowest BCUT2D eigenvalue weighted by atomic mass is 10.1. The molecule has 5 N–H and O–H groups in total. The first-order chi connectivity index (χ1) is 10.0. The van der Waals surface area contributed by atoms with Crippen molar-refractivity contribution in [1.82, 2.24) is 0 Å². The van der Waals surface area contributed by atoms with E-state index in [1.54, 1.807) is 0 Å². The Bertz CT molecular complexity index is 699. The van der Waals surface area contributed by atoms with Gasteiger partial charge in [0.2, 0.25) is 0 Å². The molecule has 0 aliphatic rings. The zero-order valence-electron chi connectivity index (χ0n) is 10.7. The first-order valence-electron chi connectivity index (χ1n) is 5.89. The van der Waals surface area contributed by atoms with E-state index in [1.165, 1.54) is 36.4 Å². The minimum absolute atomic E-state index is 0.0579. The predicted octanol–water partition coefficient (Wildman–Crippen LogP) is 1.88. The van der Waals surface area contributed by atoms with E-state index in [-0.39, 0.29) is 17.1 Å². The molecule has 0 saturated carbocycles. The highest BCUT2D eigenvalue weighted by molar-refractivity contribution is 6.05. The molecule has 1 amide bonds. The number of nitrogens with zero attached hydrogens (tertiary/aromatic N) is 1. The fourth-order valence-corrected chi connectivity index (χ4v) is 1.67. The number of aromatic hydroxyl groups is 1. The average Bonchev–Trinajstić information content (AvgIpc) is 2.47. The maximum atomic E-state index is 13.5. The number of carbonyl (C=O) groups excluding carboxylic acids is 1. The van der Waals surface area contributed by atoms with Crippen molar-refractivity contribution < 1.29 is 19.5 Å². The van der Waals surface area contributed by atoms with Crippen LogP contribution in [-0.4, -0.2) is 22.1 Å². The number of phenols is 1. The van der Waals surface area contributed by atoms with E-state index in [2.05, 4.69) is 10.5 Å². The highest BCUT2D eigenvalue weighted by atomic mass is 19.1. The molecule has 0 aliphatic heterocycles. The molecule has 21 heavy (non-hydrogen) atoms.